The molecule has 13 heteroatoms. The quantitative estimate of drug-likeness (QED) is 0.206. The van der Waals surface area contributed by atoms with E-state index in [0.29, 0.717) is 42.2 Å². The molecule has 0 spiro atoms. The van der Waals surface area contributed by atoms with E-state index < -0.39 is 0 Å². The van der Waals surface area contributed by atoms with Crippen LogP contribution in [0.2, 0.25) is 0 Å². The Morgan fingerprint density at radius 3 is 1.74 bits per heavy atom. The number of halogens is 1. The summed E-state index contributed by atoms with van der Waals surface area (Å²) in [5, 5.41) is 3.60. The van der Waals surface area contributed by atoms with Gasteiger partial charge in [0.2, 0.25) is 0 Å². The van der Waals surface area contributed by atoms with E-state index in [-0.39, 0.29) is 16.9 Å². The van der Waals surface area contributed by atoms with E-state index in [0.717, 1.165) is 99.1 Å². The summed E-state index contributed by atoms with van der Waals surface area (Å²) in [5.74, 6) is 1.16. The van der Waals surface area contributed by atoms with Crippen LogP contribution in [-0.4, -0.2) is 94.5 Å². The molecule has 53 heavy (non-hydrogen) atoms. The van der Waals surface area contributed by atoms with Gasteiger partial charge in [0.1, 0.15) is 17.3 Å². The third-order valence-electron chi connectivity index (χ3n) is 10.4. The van der Waals surface area contributed by atoms with Crippen molar-refractivity contribution < 1.29 is 13.9 Å². The van der Waals surface area contributed by atoms with E-state index in [9.17, 15) is 14.0 Å². The monoisotopic (exact) mass is 726 g/mol. The Bertz CT molecular complexity index is 2110. The number of fused-ring (bicyclic) bond motifs is 2. The zero-order valence-corrected chi connectivity index (χ0v) is 31.0. The van der Waals surface area contributed by atoms with Crippen LogP contribution < -0.4 is 31.6 Å². The first-order valence-electron chi connectivity index (χ1n) is 18.5. The molecule has 7 rings (SSSR count). The summed E-state index contributed by atoms with van der Waals surface area (Å²) in [4.78, 5) is 38.2. The number of nitrogens with zero attached hydrogens (tertiary/aromatic N) is 6. The molecule has 5 aromatic rings. The summed E-state index contributed by atoms with van der Waals surface area (Å²) >= 11 is 0. The molecule has 2 fully saturated rings. The maximum atomic E-state index is 13.4. The highest BCUT2D eigenvalue weighted by Gasteiger charge is 2.20. The van der Waals surface area contributed by atoms with E-state index in [1.54, 1.807) is 66.9 Å². The SMILES string of the molecule is COc1cnc2ccc(=O)n(CCN3CCC(N)CC3)c2c1.COc1cnc2ccc(=O)n(CCN3CCC(NCc4ccc(F)c(C)c4)CC3)c2c1. The van der Waals surface area contributed by atoms with Gasteiger partial charge in [-0.3, -0.25) is 19.6 Å². The van der Waals surface area contributed by atoms with Crippen molar-refractivity contribution in [2.75, 3.05) is 53.5 Å². The van der Waals surface area contributed by atoms with Crippen LogP contribution in [0.15, 0.2) is 76.6 Å². The highest BCUT2D eigenvalue weighted by Crippen LogP contribution is 2.19. The summed E-state index contributed by atoms with van der Waals surface area (Å²) in [7, 11) is 3.20. The van der Waals surface area contributed by atoms with Gasteiger partial charge in [-0.05, 0) is 88.1 Å². The van der Waals surface area contributed by atoms with Crippen molar-refractivity contribution in [3.63, 3.8) is 0 Å². The molecule has 282 valence electrons. The van der Waals surface area contributed by atoms with Crippen molar-refractivity contribution in [2.45, 2.75) is 64.3 Å². The lowest BCUT2D eigenvalue weighted by Gasteiger charge is -2.32. The van der Waals surface area contributed by atoms with Crippen LogP contribution in [0.4, 0.5) is 4.39 Å². The summed E-state index contributed by atoms with van der Waals surface area (Å²) in [6, 6.07) is 16.5. The van der Waals surface area contributed by atoms with Gasteiger partial charge in [0.05, 0.1) is 48.7 Å². The molecule has 1 aromatic carbocycles. The summed E-state index contributed by atoms with van der Waals surface area (Å²) in [6.07, 6.45) is 7.50. The molecule has 0 amide bonds. The number of pyridine rings is 4. The molecule has 0 radical (unpaired) electrons. The Kier molecular flexibility index (Phi) is 12.8. The van der Waals surface area contributed by atoms with Gasteiger partial charge in [-0.15, -0.1) is 0 Å². The number of methoxy groups -OCH3 is 2. The van der Waals surface area contributed by atoms with Gasteiger partial charge < -0.3 is 39.5 Å². The van der Waals surface area contributed by atoms with Gasteiger partial charge in [-0.25, -0.2) is 4.39 Å². The number of aromatic nitrogens is 4. The van der Waals surface area contributed by atoms with Crippen LogP contribution in [-0.2, 0) is 19.6 Å². The van der Waals surface area contributed by atoms with E-state index in [1.807, 2.05) is 24.3 Å². The molecule has 2 aliphatic heterocycles. The Balaban J connectivity index is 0.000000192. The van der Waals surface area contributed by atoms with Gasteiger partial charge in [-0.1, -0.05) is 12.1 Å². The maximum absolute atomic E-state index is 13.4. The first-order valence-corrected chi connectivity index (χ1v) is 18.5. The molecule has 4 aromatic heterocycles. The van der Waals surface area contributed by atoms with Crippen LogP contribution in [0.3, 0.4) is 0 Å². The zero-order valence-electron chi connectivity index (χ0n) is 31.0. The number of piperidine rings is 2. The first-order chi connectivity index (χ1) is 25.7. The molecule has 2 aliphatic rings. The topological polar surface area (TPSA) is 133 Å². The molecular weight excluding hydrogens is 675 g/mol. The second-order valence-electron chi connectivity index (χ2n) is 14.0. The Morgan fingerprint density at radius 1 is 0.736 bits per heavy atom. The second-order valence-corrected chi connectivity index (χ2v) is 14.0. The molecular formula is C40H51FN8O4. The lowest BCUT2D eigenvalue weighted by molar-refractivity contribution is 0.191. The molecule has 3 N–H and O–H groups in total. The number of hydrogen-bond donors (Lipinski definition) is 2. The van der Waals surface area contributed by atoms with Gasteiger partial charge in [0.25, 0.3) is 11.1 Å². The van der Waals surface area contributed by atoms with E-state index in [2.05, 4.69) is 25.1 Å². The second kappa shape index (κ2) is 17.9. The van der Waals surface area contributed by atoms with Crippen molar-refractivity contribution in [2.24, 2.45) is 5.73 Å². The first kappa shape index (κ1) is 38.0. The molecule has 0 atom stereocenters. The van der Waals surface area contributed by atoms with Crippen molar-refractivity contribution in [1.29, 1.82) is 0 Å². The van der Waals surface area contributed by atoms with Crippen LogP contribution in [0.1, 0.15) is 36.8 Å². The number of hydrogen-bond acceptors (Lipinski definition) is 10. The Labute approximate surface area is 309 Å². The molecule has 6 heterocycles. The normalized spacial score (nSPS) is 16.1. The fourth-order valence-electron chi connectivity index (χ4n) is 7.08. The average molecular weight is 727 g/mol. The summed E-state index contributed by atoms with van der Waals surface area (Å²) < 4.78 is 27.5. The largest absolute Gasteiger partial charge is 0.495 e. The van der Waals surface area contributed by atoms with E-state index >= 15 is 0 Å². The van der Waals surface area contributed by atoms with Gasteiger partial charge in [0, 0.05) is 69.1 Å². The minimum Gasteiger partial charge on any atom is -0.495 e. The molecule has 0 aliphatic carbocycles. The smallest absolute Gasteiger partial charge is 0.251 e. The van der Waals surface area contributed by atoms with Gasteiger partial charge in [-0.2, -0.15) is 0 Å². The number of aryl methyl sites for hydroxylation is 1. The Hall–Kier alpha value is -4.69. The predicted octanol–water partition coefficient (Wildman–Crippen LogP) is 3.94. The molecule has 0 saturated carbocycles. The predicted molar refractivity (Wildman–Crippen MR) is 206 cm³/mol. The van der Waals surface area contributed by atoms with Crippen molar-refractivity contribution in [1.82, 2.24) is 34.2 Å². The van der Waals surface area contributed by atoms with E-state index in [1.165, 1.54) is 6.07 Å². The lowest BCUT2D eigenvalue weighted by atomic mass is 10.0. The molecule has 12 nitrogen and oxygen atoms in total. The zero-order chi connectivity index (χ0) is 37.3. The third kappa shape index (κ3) is 9.85. The summed E-state index contributed by atoms with van der Waals surface area (Å²) in [6.45, 7) is 9.48. The number of nitrogens with two attached hydrogens (primary N) is 1. The van der Waals surface area contributed by atoms with Crippen LogP contribution in [0.25, 0.3) is 22.1 Å². The average Bonchev–Trinajstić information content (AvgIpc) is 3.18. The van der Waals surface area contributed by atoms with Crippen molar-refractivity contribution in [3.8, 4) is 11.5 Å². The molecule has 0 bridgehead atoms. The lowest BCUT2D eigenvalue weighted by Crippen LogP contribution is -2.43. The van der Waals surface area contributed by atoms with E-state index in [4.69, 9.17) is 15.2 Å². The van der Waals surface area contributed by atoms with Crippen molar-refractivity contribution >= 4 is 22.1 Å². The van der Waals surface area contributed by atoms with Crippen LogP contribution in [0, 0.1) is 12.7 Å². The number of ether oxygens (including phenoxy) is 2. The molecule has 0 unspecified atom stereocenters. The van der Waals surface area contributed by atoms with Crippen LogP contribution >= 0.6 is 0 Å². The minimum atomic E-state index is -0.156. The fraction of sp³-hybridized carbons (Fsp3) is 0.450. The number of benzene rings is 1. The van der Waals surface area contributed by atoms with Gasteiger partial charge in [0.15, 0.2) is 0 Å². The fourth-order valence-corrected chi connectivity index (χ4v) is 7.08. The summed E-state index contributed by atoms with van der Waals surface area (Å²) in [5.41, 5.74) is 10.9. The third-order valence-corrected chi connectivity index (χ3v) is 10.4. The molecule has 2 saturated heterocycles. The maximum Gasteiger partial charge on any atom is 0.251 e. The number of nitrogens with one attached hydrogen (secondary N) is 1. The van der Waals surface area contributed by atoms with Crippen molar-refractivity contribution in [3.05, 3.63) is 105 Å². The highest BCUT2D eigenvalue weighted by molar-refractivity contribution is 5.76. The number of likely N-dealkylation sites (tertiary alicyclic amines) is 2. The van der Waals surface area contributed by atoms with Crippen LogP contribution in [0.5, 0.6) is 11.5 Å². The highest BCUT2D eigenvalue weighted by atomic mass is 19.1. The van der Waals surface area contributed by atoms with Gasteiger partial charge >= 0.3 is 0 Å². The minimum absolute atomic E-state index is 0.00346. The standard InChI is InChI=1S/C24H29FN4O2.C16H22N4O2/c1-17-13-18(3-4-21(17)25)15-26-19-7-9-28(10-8-19)11-12-29-23-14-20(31-2)16-27-22(23)5-6-24(29)30;1-22-13-10-15-14(18-11-13)2-3-16(21)20(15)9-8-19-6-4-12(17)5-7-19/h3-6,13-14,16,19,26H,7-12,15H2,1-2H3;2-3,10-12H,4-9,17H2,1H3. The Morgan fingerprint density at radius 2 is 1.25 bits per heavy atom. The number of rotatable bonds is 11.